The van der Waals surface area contributed by atoms with Crippen molar-refractivity contribution in [2.75, 3.05) is 39.3 Å². The smallest absolute Gasteiger partial charge is 0.224 e. The number of nitrogens with zero attached hydrogens (tertiary/aromatic N) is 3. The van der Waals surface area contributed by atoms with Crippen molar-refractivity contribution in [2.45, 2.75) is 51.1 Å². The standard InChI is InChI=1S/C21H34N4O2/c26-15-2-1-9-23-21(27)19-4-3-12-25(17-19)20-7-13-24(14-8-20)16-18-5-10-22-11-6-18/h5-6,10-11,19-20,26H,1-4,7-9,12-17H2,(H,23,27). The minimum atomic E-state index is 0.128. The summed E-state index contributed by atoms with van der Waals surface area (Å²) in [5, 5.41) is 11.9. The molecule has 0 bridgehead atoms. The molecule has 0 spiro atoms. The lowest BCUT2D eigenvalue weighted by Gasteiger charge is -2.42. The van der Waals surface area contributed by atoms with Crippen molar-refractivity contribution in [1.82, 2.24) is 20.1 Å². The molecular weight excluding hydrogens is 340 g/mol. The minimum Gasteiger partial charge on any atom is -0.396 e. The summed E-state index contributed by atoms with van der Waals surface area (Å²) in [5.74, 6) is 0.329. The Balaban J connectivity index is 1.40. The van der Waals surface area contributed by atoms with Gasteiger partial charge in [0.25, 0.3) is 0 Å². The van der Waals surface area contributed by atoms with Gasteiger partial charge in [-0.2, -0.15) is 0 Å². The van der Waals surface area contributed by atoms with Gasteiger partial charge in [-0.15, -0.1) is 0 Å². The number of pyridine rings is 1. The van der Waals surface area contributed by atoms with E-state index in [4.69, 9.17) is 5.11 Å². The Labute approximate surface area is 163 Å². The first-order valence-corrected chi connectivity index (χ1v) is 10.5. The summed E-state index contributed by atoms with van der Waals surface area (Å²) in [6, 6.07) is 4.81. The Morgan fingerprint density at radius 1 is 1.15 bits per heavy atom. The second kappa shape index (κ2) is 10.7. The number of amides is 1. The van der Waals surface area contributed by atoms with E-state index in [1.807, 2.05) is 12.4 Å². The molecule has 6 heteroatoms. The van der Waals surface area contributed by atoms with Crippen LogP contribution in [0, 0.1) is 5.92 Å². The molecule has 0 aliphatic carbocycles. The summed E-state index contributed by atoms with van der Waals surface area (Å²) in [7, 11) is 0. The average Bonchev–Trinajstić information content (AvgIpc) is 2.72. The lowest BCUT2D eigenvalue weighted by Crippen LogP contribution is -2.50. The molecule has 2 N–H and O–H groups in total. The van der Waals surface area contributed by atoms with E-state index < -0.39 is 0 Å². The van der Waals surface area contributed by atoms with E-state index in [0.717, 1.165) is 58.4 Å². The van der Waals surface area contributed by atoms with E-state index in [2.05, 4.69) is 32.2 Å². The molecule has 2 aliphatic rings. The van der Waals surface area contributed by atoms with E-state index in [1.54, 1.807) is 0 Å². The predicted octanol–water partition coefficient (Wildman–Crippen LogP) is 1.65. The van der Waals surface area contributed by atoms with Gasteiger partial charge in [0.15, 0.2) is 0 Å². The molecule has 2 aliphatic heterocycles. The monoisotopic (exact) mass is 374 g/mol. The van der Waals surface area contributed by atoms with Crippen LogP contribution >= 0.6 is 0 Å². The number of likely N-dealkylation sites (tertiary alicyclic amines) is 2. The molecule has 1 unspecified atom stereocenters. The van der Waals surface area contributed by atoms with Gasteiger partial charge >= 0.3 is 0 Å². The molecule has 3 rings (SSSR count). The van der Waals surface area contributed by atoms with Gasteiger partial charge in [0, 0.05) is 44.7 Å². The van der Waals surface area contributed by atoms with Gasteiger partial charge < -0.3 is 10.4 Å². The molecule has 1 amide bonds. The normalized spacial score (nSPS) is 22.6. The van der Waals surface area contributed by atoms with Crippen molar-refractivity contribution in [1.29, 1.82) is 0 Å². The molecule has 2 fully saturated rings. The number of hydrogen-bond acceptors (Lipinski definition) is 5. The summed E-state index contributed by atoms with van der Waals surface area (Å²) in [5.41, 5.74) is 1.33. The fraction of sp³-hybridized carbons (Fsp3) is 0.714. The van der Waals surface area contributed by atoms with E-state index in [-0.39, 0.29) is 18.4 Å². The van der Waals surface area contributed by atoms with Crippen molar-refractivity contribution < 1.29 is 9.90 Å². The molecule has 3 heterocycles. The maximum atomic E-state index is 12.4. The Kier molecular flexibility index (Phi) is 8.05. The maximum Gasteiger partial charge on any atom is 0.224 e. The summed E-state index contributed by atoms with van der Waals surface area (Å²) in [4.78, 5) is 21.6. The minimum absolute atomic E-state index is 0.128. The van der Waals surface area contributed by atoms with Gasteiger partial charge in [-0.25, -0.2) is 0 Å². The molecule has 6 nitrogen and oxygen atoms in total. The lowest BCUT2D eigenvalue weighted by atomic mass is 9.93. The van der Waals surface area contributed by atoms with Crippen LogP contribution in [0.2, 0.25) is 0 Å². The molecule has 0 saturated carbocycles. The Morgan fingerprint density at radius 2 is 1.93 bits per heavy atom. The van der Waals surface area contributed by atoms with Crippen LogP contribution in [0.25, 0.3) is 0 Å². The van der Waals surface area contributed by atoms with Crippen LogP contribution in [0.5, 0.6) is 0 Å². The van der Waals surface area contributed by atoms with Gasteiger partial charge in [0.2, 0.25) is 5.91 Å². The number of rotatable bonds is 8. The summed E-state index contributed by atoms with van der Waals surface area (Å²) in [6.07, 6.45) is 9.85. The van der Waals surface area contributed by atoms with Gasteiger partial charge in [0.05, 0.1) is 5.92 Å². The van der Waals surface area contributed by atoms with Crippen LogP contribution < -0.4 is 5.32 Å². The first-order valence-electron chi connectivity index (χ1n) is 10.5. The first-order chi connectivity index (χ1) is 13.3. The molecule has 1 aromatic heterocycles. The van der Waals surface area contributed by atoms with Crippen LogP contribution in [0.4, 0.5) is 0 Å². The van der Waals surface area contributed by atoms with Gasteiger partial charge in [-0.05, 0) is 75.9 Å². The number of aromatic nitrogens is 1. The van der Waals surface area contributed by atoms with Crippen LogP contribution in [-0.4, -0.2) is 71.2 Å². The lowest BCUT2D eigenvalue weighted by molar-refractivity contribution is -0.127. The third-order valence-electron chi connectivity index (χ3n) is 5.94. The van der Waals surface area contributed by atoms with E-state index in [9.17, 15) is 4.79 Å². The third kappa shape index (κ3) is 6.26. The second-order valence-corrected chi connectivity index (χ2v) is 7.92. The van der Waals surface area contributed by atoms with Gasteiger partial charge in [0.1, 0.15) is 0 Å². The number of hydrogen-bond donors (Lipinski definition) is 2. The van der Waals surface area contributed by atoms with Crippen molar-refractivity contribution in [3.63, 3.8) is 0 Å². The Hall–Kier alpha value is -1.50. The largest absolute Gasteiger partial charge is 0.396 e. The summed E-state index contributed by atoms with van der Waals surface area (Å²) >= 11 is 0. The van der Waals surface area contributed by atoms with E-state index in [1.165, 1.54) is 18.4 Å². The third-order valence-corrected chi connectivity index (χ3v) is 5.94. The molecule has 2 saturated heterocycles. The van der Waals surface area contributed by atoms with Crippen LogP contribution in [0.3, 0.4) is 0 Å². The van der Waals surface area contributed by atoms with Crippen molar-refractivity contribution in [3.05, 3.63) is 30.1 Å². The number of piperidine rings is 2. The molecule has 150 valence electrons. The van der Waals surface area contributed by atoms with Crippen LogP contribution in [-0.2, 0) is 11.3 Å². The highest BCUT2D eigenvalue weighted by Gasteiger charge is 2.31. The number of aliphatic hydroxyl groups excluding tert-OH is 1. The fourth-order valence-corrected chi connectivity index (χ4v) is 4.33. The van der Waals surface area contributed by atoms with Crippen molar-refractivity contribution in [3.8, 4) is 0 Å². The highest BCUT2D eigenvalue weighted by molar-refractivity contribution is 5.78. The molecule has 27 heavy (non-hydrogen) atoms. The van der Waals surface area contributed by atoms with Crippen LogP contribution in [0.1, 0.15) is 44.1 Å². The van der Waals surface area contributed by atoms with E-state index in [0.29, 0.717) is 12.6 Å². The van der Waals surface area contributed by atoms with Gasteiger partial charge in [-0.1, -0.05) is 0 Å². The highest BCUT2D eigenvalue weighted by atomic mass is 16.3. The molecular formula is C21H34N4O2. The zero-order valence-electron chi connectivity index (χ0n) is 16.4. The Morgan fingerprint density at radius 3 is 2.67 bits per heavy atom. The zero-order valence-corrected chi connectivity index (χ0v) is 16.4. The molecule has 1 atom stereocenters. The molecule has 0 aromatic carbocycles. The number of aliphatic hydroxyl groups is 1. The Bertz CT molecular complexity index is 561. The van der Waals surface area contributed by atoms with E-state index >= 15 is 0 Å². The topological polar surface area (TPSA) is 68.7 Å². The van der Waals surface area contributed by atoms with Crippen molar-refractivity contribution in [2.24, 2.45) is 5.92 Å². The average molecular weight is 375 g/mol. The number of carbonyl (C=O) groups is 1. The predicted molar refractivity (Wildman–Crippen MR) is 106 cm³/mol. The number of carbonyl (C=O) groups excluding carboxylic acids is 1. The van der Waals surface area contributed by atoms with Gasteiger partial charge in [-0.3, -0.25) is 19.6 Å². The SMILES string of the molecule is O=C(NCCCCO)C1CCCN(C2CCN(Cc3ccncc3)CC2)C1. The quantitative estimate of drug-likeness (QED) is 0.677. The number of nitrogens with one attached hydrogen (secondary N) is 1. The highest BCUT2D eigenvalue weighted by Crippen LogP contribution is 2.24. The fourth-order valence-electron chi connectivity index (χ4n) is 4.33. The zero-order chi connectivity index (χ0) is 18.9. The summed E-state index contributed by atoms with van der Waals surface area (Å²) < 4.78 is 0. The maximum absolute atomic E-state index is 12.4. The molecule has 0 radical (unpaired) electrons. The van der Waals surface area contributed by atoms with Crippen molar-refractivity contribution >= 4 is 5.91 Å². The number of unbranched alkanes of at least 4 members (excludes halogenated alkanes) is 1. The molecule has 1 aromatic rings. The van der Waals surface area contributed by atoms with Crippen LogP contribution in [0.15, 0.2) is 24.5 Å². The second-order valence-electron chi connectivity index (χ2n) is 7.92. The first kappa shape index (κ1) is 20.2. The summed E-state index contributed by atoms with van der Waals surface area (Å²) in [6.45, 7) is 6.18.